The van der Waals surface area contributed by atoms with Crippen LogP contribution in [0.1, 0.15) is 73.8 Å². The number of anilines is 1. The van der Waals surface area contributed by atoms with Crippen LogP contribution < -0.4 is 15.5 Å². The molecule has 0 spiro atoms. The Labute approximate surface area is 198 Å². The van der Waals surface area contributed by atoms with Crippen molar-refractivity contribution in [2.75, 3.05) is 11.4 Å². The molecule has 3 unspecified atom stereocenters. The summed E-state index contributed by atoms with van der Waals surface area (Å²) in [6.45, 7) is 0.383. The van der Waals surface area contributed by atoms with Crippen molar-refractivity contribution in [3.8, 4) is 0 Å². The van der Waals surface area contributed by atoms with Gasteiger partial charge in [0.05, 0.1) is 17.1 Å². The number of aliphatic hydroxyl groups is 1. The van der Waals surface area contributed by atoms with Crippen LogP contribution in [-0.2, 0) is 9.59 Å². The fourth-order valence-electron chi connectivity index (χ4n) is 4.98. The molecule has 3 fully saturated rings. The zero-order valence-electron chi connectivity index (χ0n) is 18.8. The van der Waals surface area contributed by atoms with Crippen molar-refractivity contribution in [1.29, 1.82) is 0 Å². The van der Waals surface area contributed by atoms with Gasteiger partial charge >= 0.3 is 0 Å². The van der Waals surface area contributed by atoms with E-state index in [0.717, 1.165) is 30.7 Å². The Morgan fingerprint density at radius 2 is 1.97 bits per heavy atom. The molecule has 0 aromatic carbocycles. The summed E-state index contributed by atoms with van der Waals surface area (Å²) in [5.41, 5.74) is 0.694. The molecule has 8 heteroatoms. The predicted molar refractivity (Wildman–Crippen MR) is 128 cm³/mol. The van der Waals surface area contributed by atoms with Gasteiger partial charge in [0.25, 0.3) is 0 Å². The van der Waals surface area contributed by atoms with Crippen molar-refractivity contribution in [2.24, 2.45) is 0 Å². The third kappa shape index (κ3) is 5.13. The van der Waals surface area contributed by atoms with Gasteiger partial charge in [-0.1, -0.05) is 25.3 Å². The number of β-amino-alcohol motifs (C(OH)–C–C–N with tert-alkyl or cyclic N) is 1. The molecule has 3 atom stereocenters. The van der Waals surface area contributed by atoms with E-state index in [9.17, 15) is 14.7 Å². The molecule has 7 nitrogen and oxygen atoms in total. The third-order valence-electron chi connectivity index (χ3n) is 6.93. The van der Waals surface area contributed by atoms with Crippen LogP contribution in [0.25, 0.3) is 0 Å². The van der Waals surface area contributed by atoms with Crippen molar-refractivity contribution in [3.05, 3.63) is 47.1 Å². The number of aliphatic hydroxyl groups excluding tert-OH is 1. The van der Waals surface area contributed by atoms with E-state index in [2.05, 4.69) is 21.7 Å². The monoisotopic (exact) mass is 468 g/mol. The SMILES string of the molecule is O=C(NC1CCCCC1)C(c1cccnc1)N(C(=O)C1CC(O)CN1)c1ccc(C2CC2)s1. The lowest BCUT2D eigenvalue weighted by atomic mass is 9.94. The van der Waals surface area contributed by atoms with Crippen LogP contribution >= 0.6 is 11.3 Å². The molecule has 3 heterocycles. The zero-order chi connectivity index (χ0) is 22.8. The lowest BCUT2D eigenvalue weighted by Crippen LogP contribution is -2.51. The topological polar surface area (TPSA) is 94.6 Å². The van der Waals surface area contributed by atoms with Crippen LogP contribution in [0, 0.1) is 0 Å². The number of thiophene rings is 1. The van der Waals surface area contributed by atoms with E-state index < -0.39 is 18.2 Å². The molecule has 2 aliphatic carbocycles. The standard InChI is InChI=1S/C25H32N4O3S/c30-19-13-20(27-15-19)25(32)29(22-11-10-21(33-22)16-8-9-16)23(17-5-4-12-26-14-17)24(31)28-18-6-2-1-3-7-18/h4-5,10-12,14,16,18-20,23,27,30H,1-3,6-9,13,15H2,(H,28,31). The van der Waals surface area contributed by atoms with E-state index in [1.165, 1.54) is 24.1 Å². The normalized spacial score (nSPS) is 24.4. The highest BCUT2D eigenvalue weighted by Gasteiger charge is 2.40. The van der Waals surface area contributed by atoms with Gasteiger partial charge in [0.15, 0.2) is 0 Å². The van der Waals surface area contributed by atoms with Gasteiger partial charge in [-0.25, -0.2) is 0 Å². The van der Waals surface area contributed by atoms with Crippen LogP contribution in [0.3, 0.4) is 0 Å². The zero-order valence-corrected chi connectivity index (χ0v) is 19.6. The Balaban J connectivity index is 1.51. The van der Waals surface area contributed by atoms with Crippen molar-refractivity contribution in [2.45, 2.75) is 81.5 Å². The smallest absolute Gasteiger partial charge is 0.248 e. The van der Waals surface area contributed by atoms with Crippen LogP contribution in [0.2, 0.25) is 0 Å². The molecule has 1 saturated heterocycles. The molecule has 2 aromatic rings. The van der Waals surface area contributed by atoms with Crippen LogP contribution in [0.4, 0.5) is 5.00 Å². The quantitative estimate of drug-likeness (QED) is 0.580. The summed E-state index contributed by atoms with van der Waals surface area (Å²) in [5.74, 6) is 0.228. The predicted octanol–water partition coefficient (Wildman–Crippen LogP) is 3.27. The molecule has 2 aromatic heterocycles. The number of amides is 2. The number of rotatable bonds is 7. The Morgan fingerprint density at radius 1 is 1.15 bits per heavy atom. The minimum absolute atomic E-state index is 0.138. The molecule has 2 amide bonds. The van der Waals surface area contributed by atoms with E-state index in [1.807, 2.05) is 12.1 Å². The average Bonchev–Trinajstić information content (AvgIpc) is 3.41. The van der Waals surface area contributed by atoms with Gasteiger partial charge < -0.3 is 15.7 Å². The van der Waals surface area contributed by atoms with Gasteiger partial charge in [-0.05, 0) is 56.2 Å². The van der Waals surface area contributed by atoms with Gasteiger partial charge in [0.1, 0.15) is 6.04 Å². The highest BCUT2D eigenvalue weighted by molar-refractivity contribution is 7.16. The molecule has 2 saturated carbocycles. The molecular formula is C25H32N4O3S. The van der Waals surface area contributed by atoms with Gasteiger partial charge in [-0.2, -0.15) is 0 Å². The van der Waals surface area contributed by atoms with E-state index in [4.69, 9.17) is 0 Å². The van der Waals surface area contributed by atoms with Gasteiger partial charge in [0, 0.05) is 35.4 Å². The van der Waals surface area contributed by atoms with Crippen LogP contribution in [-0.4, -0.2) is 46.6 Å². The number of hydrogen-bond acceptors (Lipinski definition) is 6. The Morgan fingerprint density at radius 3 is 2.64 bits per heavy atom. The van der Waals surface area contributed by atoms with E-state index in [0.29, 0.717) is 24.4 Å². The Bertz CT molecular complexity index is 971. The summed E-state index contributed by atoms with van der Waals surface area (Å²) in [6, 6.07) is 6.55. The molecule has 5 rings (SSSR count). The maximum absolute atomic E-state index is 13.9. The number of carbonyl (C=O) groups excluding carboxylic acids is 2. The molecular weight excluding hydrogens is 436 g/mol. The van der Waals surface area contributed by atoms with Crippen LogP contribution in [0.5, 0.6) is 0 Å². The summed E-state index contributed by atoms with van der Waals surface area (Å²) in [4.78, 5) is 34.8. The highest BCUT2D eigenvalue weighted by atomic mass is 32.1. The van der Waals surface area contributed by atoms with Crippen LogP contribution in [0.15, 0.2) is 36.7 Å². The number of nitrogens with one attached hydrogen (secondary N) is 2. The van der Waals surface area contributed by atoms with Crippen molar-refractivity contribution in [3.63, 3.8) is 0 Å². The summed E-state index contributed by atoms with van der Waals surface area (Å²) in [6.07, 6.45) is 10.9. The molecule has 1 aliphatic heterocycles. The van der Waals surface area contributed by atoms with E-state index in [-0.39, 0.29) is 17.9 Å². The largest absolute Gasteiger partial charge is 0.392 e. The number of nitrogens with zero attached hydrogens (tertiary/aromatic N) is 2. The third-order valence-corrected chi connectivity index (χ3v) is 8.18. The highest BCUT2D eigenvalue weighted by Crippen LogP contribution is 2.46. The second-order valence-electron chi connectivity index (χ2n) is 9.54. The second kappa shape index (κ2) is 9.91. The van der Waals surface area contributed by atoms with Gasteiger partial charge in [-0.15, -0.1) is 11.3 Å². The first kappa shape index (κ1) is 22.5. The molecule has 0 radical (unpaired) electrons. The lowest BCUT2D eigenvalue weighted by molar-refractivity contribution is -0.128. The summed E-state index contributed by atoms with van der Waals surface area (Å²) in [7, 11) is 0. The maximum atomic E-state index is 13.9. The first-order valence-electron chi connectivity index (χ1n) is 12.1. The number of aromatic nitrogens is 1. The summed E-state index contributed by atoms with van der Waals surface area (Å²) >= 11 is 1.60. The van der Waals surface area contributed by atoms with Gasteiger partial charge in [-0.3, -0.25) is 19.5 Å². The Hall–Kier alpha value is -2.29. The minimum atomic E-state index is -0.807. The number of hydrogen-bond donors (Lipinski definition) is 3. The molecule has 33 heavy (non-hydrogen) atoms. The summed E-state index contributed by atoms with van der Waals surface area (Å²) in [5, 5.41) is 17.2. The fraction of sp³-hybridized carbons (Fsp3) is 0.560. The molecule has 0 bridgehead atoms. The first-order chi connectivity index (χ1) is 16.1. The van der Waals surface area contributed by atoms with Crippen molar-refractivity contribution in [1.82, 2.24) is 15.6 Å². The molecule has 176 valence electrons. The average molecular weight is 469 g/mol. The molecule has 3 aliphatic rings. The Kier molecular flexibility index (Phi) is 6.76. The maximum Gasteiger partial charge on any atom is 0.248 e. The lowest BCUT2D eigenvalue weighted by Gasteiger charge is -2.33. The number of carbonyl (C=O) groups is 2. The summed E-state index contributed by atoms with van der Waals surface area (Å²) < 4.78 is 0. The van der Waals surface area contributed by atoms with E-state index >= 15 is 0 Å². The second-order valence-corrected chi connectivity index (χ2v) is 10.6. The fourth-order valence-corrected chi connectivity index (χ4v) is 6.19. The first-order valence-corrected chi connectivity index (χ1v) is 13.0. The number of pyridine rings is 1. The van der Waals surface area contributed by atoms with Crippen molar-refractivity contribution < 1.29 is 14.7 Å². The minimum Gasteiger partial charge on any atom is -0.392 e. The molecule has 3 N–H and O–H groups in total. The van der Waals surface area contributed by atoms with Crippen molar-refractivity contribution >= 4 is 28.2 Å². The van der Waals surface area contributed by atoms with Gasteiger partial charge in [0.2, 0.25) is 11.8 Å². The van der Waals surface area contributed by atoms with E-state index in [1.54, 1.807) is 34.7 Å².